The Hall–Kier alpha value is -0.830. The molecule has 1 N–H and O–H groups in total. The number of aryl methyl sites for hydroxylation is 1. The van der Waals surface area contributed by atoms with Crippen molar-refractivity contribution < 1.29 is 0 Å². The molecule has 0 aromatic carbocycles. The van der Waals surface area contributed by atoms with Gasteiger partial charge in [-0.1, -0.05) is 20.8 Å². The maximum atomic E-state index is 4.43. The van der Waals surface area contributed by atoms with Crippen LogP contribution in [-0.2, 0) is 6.54 Å². The van der Waals surface area contributed by atoms with Crippen LogP contribution in [-0.4, -0.2) is 16.8 Å². The van der Waals surface area contributed by atoms with Crippen LogP contribution in [0.25, 0.3) is 0 Å². The minimum atomic E-state index is 0.465. The van der Waals surface area contributed by atoms with Gasteiger partial charge in [0, 0.05) is 24.3 Å². The lowest BCUT2D eigenvalue weighted by atomic mass is 9.68. The predicted molar refractivity (Wildman–Crippen MR) is 84.6 cm³/mol. The van der Waals surface area contributed by atoms with Crippen molar-refractivity contribution in [1.29, 1.82) is 0 Å². The van der Waals surface area contributed by atoms with Gasteiger partial charge in [0.2, 0.25) is 0 Å². The second-order valence-corrected chi connectivity index (χ2v) is 7.37. The third-order valence-electron chi connectivity index (χ3n) is 5.12. The minimum Gasteiger partial charge on any atom is -0.313 e. The first-order chi connectivity index (χ1) is 9.45. The molecule has 1 aromatic heterocycles. The predicted octanol–water partition coefficient (Wildman–Crippen LogP) is 4.02. The molecule has 3 heteroatoms. The Morgan fingerprint density at radius 2 is 1.95 bits per heavy atom. The summed E-state index contributed by atoms with van der Waals surface area (Å²) in [6, 6.07) is 0.469. The van der Waals surface area contributed by atoms with Crippen LogP contribution < -0.4 is 5.32 Å². The highest BCUT2D eigenvalue weighted by molar-refractivity contribution is 5.12. The van der Waals surface area contributed by atoms with Gasteiger partial charge >= 0.3 is 0 Å². The molecule has 0 saturated heterocycles. The summed E-state index contributed by atoms with van der Waals surface area (Å²) in [5, 5.41) is 7.95. The summed E-state index contributed by atoms with van der Waals surface area (Å²) < 4.78 is 2.03. The van der Waals surface area contributed by atoms with Crippen molar-refractivity contribution in [3.05, 3.63) is 18.0 Å². The molecular formula is C17H31N3. The van der Waals surface area contributed by atoms with E-state index in [-0.39, 0.29) is 0 Å². The van der Waals surface area contributed by atoms with E-state index in [9.17, 15) is 0 Å². The van der Waals surface area contributed by atoms with Crippen molar-refractivity contribution in [3.63, 3.8) is 0 Å². The second kappa shape index (κ2) is 6.30. The first kappa shape index (κ1) is 15.6. The molecule has 1 aliphatic rings. The average molecular weight is 277 g/mol. The SMILES string of the molecule is CCn1cc(C(NC)C2CCC(C(C)(C)C)CC2)cn1. The van der Waals surface area contributed by atoms with Crippen LogP contribution in [0.3, 0.4) is 0 Å². The molecule has 1 heterocycles. The van der Waals surface area contributed by atoms with Crippen LogP contribution in [0, 0.1) is 17.3 Å². The van der Waals surface area contributed by atoms with Crippen molar-refractivity contribution in [2.45, 2.75) is 66.0 Å². The topological polar surface area (TPSA) is 29.9 Å². The zero-order chi connectivity index (χ0) is 14.8. The van der Waals surface area contributed by atoms with E-state index in [1.54, 1.807) is 0 Å². The molecule has 1 saturated carbocycles. The number of rotatable bonds is 4. The highest BCUT2D eigenvalue weighted by atomic mass is 15.3. The molecule has 3 nitrogen and oxygen atoms in total. The summed E-state index contributed by atoms with van der Waals surface area (Å²) in [4.78, 5) is 0. The van der Waals surface area contributed by atoms with Gasteiger partial charge in [0.25, 0.3) is 0 Å². The summed E-state index contributed by atoms with van der Waals surface area (Å²) >= 11 is 0. The van der Waals surface area contributed by atoms with Gasteiger partial charge in [-0.25, -0.2) is 0 Å². The fraction of sp³-hybridized carbons (Fsp3) is 0.824. The molecule has 1 aromatic rings. The monoisotopic (exact) mass is 277 g/mol. The largest absolute Gasteiger partial charge is 0.313 e. The molecule has 1 atom stereocenters. The highest BCUT2D eigenvalue weighted by Gasteiger charge is 2.33. The molecule has 2 rings (SSSR count). The standard InChI is InChI=1S/C17H31N3/c1-6-20-12-14(11-19-20)16(18-5)13-7-9-15(10-8-13)17(2,3)4/h11-13,15-16,18H,6-10H2,1-5H3. The van der Waals surface area contributed by atoms with E-state index < -0.39 is 0 Å². The Morgan fingerprint density at radius 3 is 2.40 bits per heavy atom. The molecule has 0 aliphatic heterocycles. The summed E-state index contributed by atoms with van der Waals surface area (Å²) in [7, 11) is 2.09. The number of hydrogen-bond acceptors (Lipinski definition) is 2. The number of hydrogen-bond donors (Lipinski definition) is 1. The van der Waals surface area contributed by atoms with Gasteiger partial charge in [-0.2, -0.15) is 5.10 Å². The third kappa shape index (κ3) is 3.43. The molecule has 20 heavy (non-hydrogen) atoms. The summed E-state index contributed by atoms with van der Waals surface area (Å²) in [5.41, 5.74) is 1.82. The van der Waals surface area contributed by atoms with Crippen molar-refractivity contribution in [2.24, 2.45) is 17.3 Å². The van der Waals surface area contributed by atoms with E-state index in [1.165, 1.54) is 31.2 Å². The maximum Gasteiger partial charge on any atom is 0.0537 e. The molecule has 0 bridgehead atoms. The van der Waals surface area contributed by atoms with E-state index in [0.717, 1.165) is 18.4 Å². The van der Waals surface area contributed by atoms with E-state index in [1.807, 2.05) is 10.9 Å². The summed E-state index contributed by atoms with van der Waals surface area (Å²) in [6.07, 6.45) is 9.66. The molecule has 1 fully saturated rings. The van der Waals surface area contributed by atoms with Crippen LogP contribution in [0.15, 0.2) is 12.4 Å². The molecule has 114 valence electrons. The Labute approximate surface area is 124 Å². The van der Waals surface area contributed by atoms with Gasteiger partial charge in [-0.15, -0.1) is 0 Å². The van der Waals surface area contributed by atoms with Crippen LogP contribution in [0.1, 0.15) is 65.0 Å². The van der Waals surface area contributed by atoms with E-state index in [4.69, 9.17) is 0 Å². The van der Waals surface area contributed by atoms with Gasteiger partial charge in [-0.05, 0) is 56.9 Å². The average Bonchev–Trinajstić information content (AvgIpc) is 2.88. The van der Waals surface area contributed by atoms with Gasteiger partial charge < -0.3 is 5.32 Å². The zero-order valence-electron chi connectivity index (χ0n) is 13.8. The van der Waals surface area contributed by atoms with E-state index >= 15 is 0 Å². The fourth-order valence-electron chi connectivity index (χ4n) is 3.71. The lowest BCUT2D eigenvalue weighted by Crippen LogP contribution is -2.32. The number of aromatic nitrogens is 2. The number of nitrogens with one attached hydrogen (secondary N) is 1. The van der Waals surface area contributed by atoms with E-state index in [0.29, 0.717) is 11.5 Å². The molecule has 0 spiro atoms. The third-order valence-corrected chi connectivity index (χ3v) is 5.12. The molecule has 1 aliphatic carbocycles. The molecule has 1 unspecified atom stereocenters. The number of nitrogens with zero attached hydrogens (tertiary/aromatic N) is 2. The van der Waals surface area contributed by atoms with Crippen molar-refractivity contribution in [3.8, 4) is 0 Å². The lowest BCUT2D eigenvalue weighted by molar-refractivity contribution is 0.134. The maximum absolute atomic E-state index is 4.43. The molecule has 0 amide bonds. The van der Waals surface area contributed by atoms with Crippen molar-refractivity contribution in [1.82, 2.24) is 15.1 Å². The first-order valence-corrected chi connectivity index (χ1v) is 8.15. The van der Waals surface area contributed by atoms with Crippen molar-refractivity contribution >= 4 is 0 Å². The van der Waals surface area contributed by atoms with Gasteiger partial charge in [0.1, 0.15) is 0 Å². The first-order valence-electron chi connectivity index (χ1n) is 8.15. The summed E-state index contributed by atoms with van der Waals surface area (Å²) in [6.45, 7) is 10.3. The van der Waals surface area contributed by atoms with E-state index in [2.05, 4.69) is 51.4 Å². The normalized spacial score (nSPS) is 25.6. The highest BCUT2D eigenvalue weighted by Crippen LogP contribution is 2.43. The smallest absolute Gasteiger partial charge is 0.0537 e. The summed E-state index contributed by atoms with van der Waals surface area (Å²) in [5.74, 6) is 1.64. The minimum absolute atomic E-state index is 0.465. The Kier molecular flexibility index (Phi) is 4.90. The van der Waals surface area contributed by atoms with Gasteiger partial charge in [-0.3, -0.25) is 4.68 Å². The Bertz CT molecular complexity index is 408. The van der Waals surface area contributed by atoms with Crippen LogP contribution in [0.2, 0.25) is 0 Å². The second-order valence-electron chi connectivity index (χ2n) is 7.37. The Balaban J connectivity index is 2.00. The fourth-order valence-corrected chi connectivity index (χ4v) is 3.71. The van der Waals surface area contributed by atoms with Gasteiger partial charge in [0.05, 0.1) is 6.20 Å². The van der Waals surface area contributed by atoms with Crippen LogP contribution >= 0.6 is 0 Å². The molecule has 0 radical (unpaired) electrons. The zero-order valence-corrected chi connectivity index (χ0v) is 13.8. The van der Waals surface area contributed by atoms with Crippen molar-refractivity contribution in [2.75, 3.05) is 7.05 Å². The quantitative estimate of drug-likeness (QED) is 0.901. The van der Waals surface area contributed by atoms with Crippen LogP contribution in [0.5, 0.6) is 0 Å². The van der Waals surface area contributed by atoms with Crippen LogP contribution in [0.4, 0.5) is 0 Å². The van der Waals surface area contributed by atoms with Gasteiger partial charge in [0.15, 0.2) is 0 Å². The molecular weight excluding hydrogens is 246 g/mol. The Morgan fingerprint density at radius 1 is 1.30 bits per heavy atom. The lowest BCUT2D eigenvalue weighted by Gasteiger charge is -2.39.